The van der Waals surface area contributed by atoms with Gasteiger partial charge in [-0.2, -0.15) is 0 Å². The zero-order valence-corrected chi connectivity index (χ0v) is 8.44. The lowest BCUT2D eigenvalue weighted by Crippen LogP contribution is -2.25. The predicted octanol–water partition coefficient (Wildman–Crippen LogP) is 1.77. The lowest BCUT2D eigenvalue weighted by Gasteiger charge is -2.19. The van der Waals surface area contributed by atoms with Gasteiger partial charge in [-0.05, 0) is 18.2 Å². The molecule has 0 aliphatic carbocycles. The molecule has 0 spiro atoms. The van der Waals surface area contributed by atoms with E-state index < -0.39 is 16.6 Å². The van der Waals surface area contributed by atoms with Crippen molar-refractivity contribution in [2.75, 3.05) is 5.75 Å². The fourth-order valence-electron chi connectivity index (χ4n) is 1.55. The van der Waals surface area contributed by atoms with Crippen LogP contribution >= 0.6 is 0 Å². The Kier molecular flexibility index (Phi) is 2.23. The quantitative estimate of drug-likeness (QED) is 0.656. The van der Waals surface area contributed by atoms with Gasteiger partial charge in [-0.3, -0.25) is 9.00 Å². The summed E-state index contributed by atoms with van der Waals surface area (Å²) in [6, 6.07) is 3.84. The maximum absolute atomic E-state index is 12.8. The molecule has 1 aliphatic rings. The number of halogens is 1. The maximum atomic E-state index is 12.8. The molecule has 0 amide bonds. The Labute approximate surface area is 83.6 Å². The van der Waals surface area contributed by atoms with Crippen molar-refractivity contribution in [3.05, 3.63) is 29.6 Å². The molecular weight excluding hydrogens is 203 g/mol. The van der Waals surface area contributed by atoms with Crippen molar-refractivity contribution < 1.29 is 13.4 Å². The van der Waals surface area contributed by atoms with Crippen molar-refractivity contribution >= 4 is 16.6 Å². The lowest BCUT2D eigenvalue weighted by atomic mass is 10.0. The molecule has 4 heteroatoms. The Morgan fingerprint density at radius 1 is 1.50 bits per heavy atom. The largest absolute Gasteiger partial charge is 0.294 e. The third-order valence-corrected chi connectivity index (χ3v) is 3.93. The average molecular weight is 212 g/mol. The SMILES string of the molecule is CC1CS(=O)c2cc(F)ccc2C1=O. The Balaban J connectivity index is 2.61. The smallest absolute Gasteiger partial charge is 0.167 e. The van der Waals surface area contributed by atoms with E-state index in [0.29, 0.717) is 16.2 Å². The number of benzene rings is 1. The molecule has 0 fully saturated rings. The van der Waals surface area contributed by atoms with Gasteiger partial charge in [-0.15, -0.1) is 0 Å². The third kappa shape index (κ3) is 1.39. The molecule has 0 radical (unpaired) electrons. The average Bonchev–Trinajstić information content (AvgIpc) is 2.14. The molecule has 2 atom stereocenters. The molecule has 2 nitrogen and oxygen atoms in total. The van der Waals surface area contributed by atoms with Crippen molar-refractivity contribution in [2.24, 2.45) is 5.92 Å². The van der Waals surface area contributed by atoms with Gasteiger partial charge in [0.25, 0.3) is 0 Å². The van der Waals surface area contributed by atoms with Crippen LogP contribution in [-0.2, 0) is 10.8 Å². The van der Waals surface area contributed by atoms with E-state index in [2.05, 4.69) is 0 Å². The standard InChI is InChI=1S/C10H9FO2S/c1-6-5-14(13)9-4-7(11)2-3-8(9)10(6)12/h2-4,6H,5H2,1H3. The van der Waals surface area contributed by atoms with Gasteiger partial charge < -0.3 is 0 Å². The number of fused-ring (bicyclic) bond motifs is 1. The van der Waals surface area contributed by atoms with Crippen molar-refractivity contribution in [1.82, 2.24) is 0 Å². The van der Waals surface area contributed by atoms with Gasteiger partial charge in [0.2, 0.25) is 0 Å². The van der Waals surface area contributed by atoms with Crippen molar-refractivity contribution in [3.8, 4) is 0 Å². The number of hydrogen-bond donors (Lipinski definition) is 0. The Bertz CT molecular complexity index is 428. The van der Waals surface area contributed by atoms with Gasteiger partial charge in [0.05, 0.1) is 15.7 Å². The van der Waals surface area contributed by atoms with E-state index in [1.165, 1.54) is 18.2 Å². The van der Waals surface area contributed by atoms with Gasteiger partial charge in [0.1, 0.15) is 5.82 Å². The van der Waals surface area contributed by atoms with Crippen molar-refractivity contribution in [2.45, 2.75) is 11.8 Å². The Morgan fingerprint density at radius 3 is 2.93 bits per heavy atom. The second-order valence-corrected chi connectivity index (χ2v) is 4.88. The van der Waals surface area contributed by atoms with Crippen LogP contribution in [0, 0.1) is 11.7 Å². The molecule has 1 aromatic rings. The van der Waals surface area contributed by atoms with Crippen molar-refractivity contribution in [3.63, 3.8) is 0 Å². The molecular formula is C10H9FO2S. The highest BCUT2D eigenvalue weighted by molar-refractivity contribution is 7.85. The molecule has 0 N–H and O–H groups in total. The number of ketones is 1. The minimum absolute atomic E-state index is 0.0420. The summed E-state index contributed by atoms with van der Waals surface area (Å²) < 4.78 is 24.4. The highest BCUT2D eigenvalue weighted by atomic mass is 32.2. The molecule has 74 valence electrons. The molecule has 2 rings (SSSR count). The highest BCUT2D eigenvalue weighted by Crippen LogP contribution is 2.25. The predicted molar refractivity (Wildman–Crippen MR) is 51.2 cm³/mol. The maximum Gasteiger partial charge on any atom is 0.167 e. The van der Waals surface area contributed by atoms with Gasteiger partial charge in [0.15, 0.2) is 5.78 Å². The normalized spacial score (nSPS) is 26.0. The monoisotopic (exact) mass is 212 g/mol. The number of carbonyl (C=O) groups excluding carboxylic acids is 1. The zero-order valence-electron chi connectivity index (χ0n) is 7.62. The summed E-state index contributed by atoms with van der Waals surface area (Å²) in [5.74, 6) is -0.414. The van der Waals surface area contributed by atoms with Gasteiger partial charge in [-0.1, -0.05) is 6.92 Å². The van der Waals surface area contributed by atoms with Gasteiger partial charge in [0, 0.05) is 17.2 Å². The first-order chi connectivity index (χ1) is 6.59. The molecule has 0 saturated heterocycles. The van der Waals surface area contributed by atoms with Crippen LogP contribution in [0.5, 0.6) is 0 Å². The van der Waals surface area contributed by atoms with E-state index in [1.807, 2.05) is 0 Å². The van der Waals surface area contributed by atoms with Crippen LogP contribution in [0.1, 0.15) is 17.3 Å². The topological polar surface area (TPSA) is 34.1 Å². The van der Waals surface area contributed by atoms with E-state index in [1.54, 1.807) is 6.92 Å². The summed E-state index contributed by atoms with van der Waals surface area (Å²) in [5.41, 5.74) is 0.406. The first kappa shape index (κ1) is 9.52. The number of carbonyl (C=O) groups is 1. The Morgan fingerprint density at radius 2 is 2.21 bits per heavy atom. The zero-order chi connectivity index (χ0) is 10.3. The van der Waals surface area contributed by atoms with Gasteiger partial charge >= 0.3 is 0 Å². The first-order valence-corrected chi connectivity index (χ1v) is 5.63. The summed E-state index contributed by atoms with van der Waals surface area (Å²) in [6.45, 7) is 1.74. The van der Waals surface area contributed by atoms with Crippen LogP contribution < -0.4 is 0 Å². The fourth-order valence-corrected chi connectivity index (χ4v) is 2.99. The molecule has 0 saturated carbocycles. The van der Waals surface area contributed by atoms with Crippen LogP contribution in [0.3, 0.4) is 0 Å². The Hall–Kier alpha value is -1.03. The summed E-state index contributed by atoms with van der Waals surface area (Å²) in [6.07, 6.45) is 0. The summed E-state index contributed by atoms with van der Waals surface area (Å²) in [5, 5.41) is 0. The van der Waals surface area contributed by atoms with E-state index in [-0.39, 0.29) is 11.7 Å². The molecule has 0 bridgehead atoms. The number of rotatable bonds is 0. The van der Waals surface area contributed by atoms with Crippen LogP contribution in [0.25, 0.3) is 0 Å². The van der Waals surface area contributed by atoms with E-state index >= 15 is 0 Å². The van der Waals surface area contributed by atoms with Crippen LogP contribution in [0.2, 0.25) is 0 Å². The van der Waals surface area contributed by atoms with Gasteiger partial charge in [-0.25, -0.2) is 4.39 Å². The van der Waals surface area contributed by atoms with E-state index in [4.69, 9.17) is 0 Å². The second kappa shape index (κ2) is 3.28. The minimum atomic E-state index is -1.24. The summed E-state index contributed by atoms with van der Waals surface area (Å²) in [4.78, 5) is 12.0. The van der Waals surface area contributed by atoms with E-state index in [9.17, 15) is 13.4 Å². The molecule has 2 unspecified atom stereocenters. The molecule has 1 heterocycles. The lowest BCUT2D eigenvalue weighted by molar-refractivity contribution is 0.0935. The number of hydrogen-bond acceptors (Lipinski definition) is 2. The van der Waals surface area contributed by atoms with Crippen LogP contribution in [0.15, 0.2) is 23.1 Å². The van der Waals surface area contributed by atoms with Crippen molar-refractivity contribution in [1.29, 1.82) is 0 Å². The summed E-state index contributed by atoms with van der Waals surface area (Å²) in [7, 11) is -1.24. The minimum Gasteiger partial charge on any atom is -0.294 e. The van der Waals surface area contributed by atoms with E-state index in [0.717, 1.165) is 0 Å². The first-order valence-electron chi connectivity index (χ1n) is 4.31. The fraction of sp³-hybridized carbons (Fsp3) is 0.300. The third-order valence-electron chi connectivity index (χ3n) is 2.30. The van der Waals surface area contributed by atoms with Crippen LogP contribution in [0.4, 0.5) is 4.39 Å². The molecule has 1 aromatic carbocycles. The highest BCUT2D eigenvalue weighted by Gasteiger charge is 2.28. The molecule has 14 heavy (non-hydrogen) atoms. The number of Topliss-reactive ketones (excluding diaryl/α,β-unsaturated/α-hetero) is 1. The second-order valence-electron chi connectivity index (χ2n) is 3.42. The summed E-state index contributed by atoms with van der Waals surface area (Å²) >= 11 is 0. The molecule has 1 aliphatic heterocycles. The van der Waals surface area contributed by atoms with Crippen LogP contribution in [-0.4, -0.2) is 15.7 Å². The molecule has 0 aromatic heterocycles.